The standard InChI is InChI=1S/C11H8BrF2NS/c12-6-8-3-4-15-11(16-8)9-2-1-7(13)5-10(9)14/h1-5,8H,6H2. The predicted molar refractivity (Wildman–Crippen MR) is 67.2 cm³/mol. The Morgan fingerprint density at radius 2 is 2.19 bits per heavy atom. The van der Waals surface area contributed by atoms with Gasteiger partial charge in [0.1, 0.15) is 16.7 Å². The van der Waals surface area contributed by atoms with Crippen molar-refractivity contribution >= 4 is 32.7 Å². The highest BCUT2D eigenvalue weighted by Gasteiger charge is 2.17. The zero-order valence-corrected chi connectivity index (χ0v) is 10.6. The van der Waals surface area contributed by atoms with Crippen molar-refractivity contribution in [3.8, 4) is 0 Å². The van der Waals surface area contributed by atoms with Crippen LogP contribution in [0.2, 0.25) is 0 Å². The summed E-state index contributed by atoms with van der Waals surface area (Å²) >= 11 is 4.82. The predicted octanol–water partition coefficient (Wildman–Crippen LogP) is 3.74. The lowest BCUT2D eigenvalue weighted by Crippen LogP contribution is -2.11. The maximum absolute atomic E-state index is 13.5. The molecular formula is C11H8BrF2NS. The van der Waals surface area contributed by atoms with Crippen molar-refractivity contribution in [2.75, 3.05) is 5.33 Å². The van der Waals surface area contributed by atoms with E-state index in [1.807, 2.05) is 6.08 Å². The summed E-state index contributed by atoms with van der Waals surface area (Å²) in [5.41, 5.74) is 0.349. The van der Waals surface area contributed by atoms with Crippen molar-refractivity contribution in [1.82, 2.24) is 0 Å². The summed E-state index contributed by atoms with van der Waals surface area (Å²) in [6, 6.07) is 3.53. The molecule has 1 nitrogen and oxygen atoms in total. The van der Waals surface area contributed by atoms with E-state index in [2.05, 4.69) is 20.9 Å². The van der Waals surface area contributed by atoms with E-state index in [-0.39, 0.29) is 5.25 Å². The van der Waals surface area contributed by atoms with Gasteiger partial charge in [-0.2, -0.15) is 0 Å². The van der Waals surface area contributed by atoms with Crippen LogP contribution < -0.4 is 0 Å². The van der Waals surface area contributed by atoms with Crippen molar-refractivity contribution < 1.29 is 8.78 Å². The van der Waals surface area contributed by atoms with Crippen LogP contribution in [0, 0.1) is 11.6 Å². The fraction of sp³-hybridized carbons (Fsp3) is 0.182. The number of benzene rings is 1. The van der Waals surface area contributed by atoms with E-state index in [1.54, 1.807) is 6.20 Å². The van der Waals surface area contributed by atoms with Crippen LogP contribution in [0.1, 0.15) is 5.56 Å². The van der Waals surface area contributed by atoms with Crippen LogP contribution in [-0.2, 0) is 0 Å². The second-order valence-electron chi connectivity index (χ2n) is 3.21. The molecule has 1 aromatic carbocycles. The van der Waals surface area contributed by atoms with Gasteiger partial charge in [-0.1, -0.05) is 33.8 Å². The molecule has 0 bridgehead atoms. The molecule has 0 saturated carbocycles. The van der Waals surface area contributed by atoms with E-state index in [4.69, 9.17) is 0 Å². The normalized spacial score (nSPS) is 19.7. The van der Waals surface area contributed by atoms with Crippen molar-refractivity contribution in [2.45, 2.75) is 5.25 Å². The SMILES string of the molecule is Fc1ccc(C2=NC=CC(CBr)S2)c(F)c1. The lowest BCUT2D eigenvalue weighted by molar-refractivity contribution is 0.582. The lowest BCUT2D eigenvalue weighted by Gasteiger charge is -2.15. The number of hydrogen-bond acceptors (Lipinski definition) is 2. The second kappa shape index (κ2) is 5.10. The van der Waals surface area contributed by atoms with Gasteiger partial charge in [0.05, 0.1) is 0 Å². The fourth-order valence-corrected chi connectivity index (χ4v) is 2.82. The second-order valence-corrected chi connectivity index (χ2v) is 5.09. The van der Waals surface area contributed by atoms with E-state index in [0.29, 0.717) is 10.6 Å². The van der Waals surface area contributed by atoms with Gasteiger partial charge in [-0.15, -0.1) is 0 Å². The van der Waals surface area contributed by atoms with Gasteiger partial charge in [0, 0.05) is 28.4 Å². The third-order valence-electron chi connectivity index (χ3n) is 2.07. The van der Waals surface area contributed by atoms with E-state index in [9.17, 15) is 8.78 Å². The molecule has 0 radical (unpaired) electrons. The molecule has 84 valence electrons. The summed E-state index contributed by atoms with van der Waals surface area (Å²) in [5.74, 6) is -1.15. The highest BCUT2D eigenvalue weighted by Crippen LogP contribution is 2.26. The molecule has 0 fully saturated rings. The summed E-state index contributed by atoms with van der Waals surface area (Å²) in [5, 5.41) is 1.59. The van der Waals surface area contributed by atoms with Gasteiger partial charge >= 0.3 is 0 Å². The van der Waals surface area contributed by atoms with Crippen LogP contribution in [0.5, 0.6) is 0 Å². The van der Waals surface area contributed by atoms with Gasteiger partial charge in [0.25, 0.3) is 0 Å². The maximum Gasteiger partial charge on any atom is 0.136 e. The molecule has 1 aromatic rings. The average molecular weight is 304 g/mol. The quantitative estimate of drug-likeness (QED) is 0.758. The summed E-state index contributed by atoms with van der Waals surface area (Å²) in [6.07, 6.45) is 3.59. The van der Waals surface area contributed by atoms with Crippen LogP contribution in [-0.4, -0.2) is 15.6 Å². The zero-order valence-electron chi connectivity index (χ0n) is 8.16. The molecular weight excluding hydrogens is 296 g/mol. The lowest BCUT2D eigenvalue weighted by atomic mass is 10.2. The highest BCUT2D eigenvalue weighted by atomic mass is 79.9. The summed E-state index contributed by atoms with van der Waals surface area (Å²) in [6.45, 7) is 0. The Balaban J connectivity index is 2.31. The van der Waals surface area contributed by atoms with E-state index in [1.165, 1.54) is 23.9 Å². The number of halogens is 3. The molecule has 16 heavy (non-hydrogen) atoms. The molecule has 0 aliphatic carbocycles. The van der Waals surface area contributed by atoms with Crippen LogP contribution >= 0.6 is 27.7 Å². The first-order chi connectivity index (χ1) is 7.70. The number of rotatable bonds is 2. The molecule has 2 rings (SSSR count). The number of thioether (sulfide) groups is 1. The van der Waals surface area contributed by atoms with Gasteiger partial charge in [0.15, 0.2) is 0 Å². The third kappa shape index (κ3) is 2.52. The molecule has 0 N–H and O–H groups in total. The molecule has 5 heteroatoms. The van der Waals surface area contributed by atoms with Crippen LogP contribution in [0.4, 0.5) is 8.78 Å². The minimum atomic E-state index is -0.574. The molecule has 1 atom stereocenters. The first-order valence-electron chi connectivity index (χ1n) is 4.63. The van der Waals surface area contributed by atoms with E-state index in [0.717, 1.165) is 11.4 Å². The molecule has 0 spiro atoms. The number of alkyl halides is 1. The minimum Gasteiger partial charge on any atom is -0.249 e. The Labute approximate surface area is 105 Å². The zero-order chi connectivity index (χ0) is 11.5. The monoisotopic (exact) mass is 303 g/mol. The minimum absolute atomic E-state index is 0.233. The van der Waals surface area contributed by atoms with E-state index < -0.39 is 11.6 Å². The topological polar surface area (TPSA) is 12.4 Å². The Bertz CT molecular complexity index is 459. The molecule has 1 aliphatic rings. The fourth-order valence-electron chi connectivity index (χ4n) is 1.30. The highest BCUT2D eigenvalue weighted by molar-refractivity contribution is 9.09. The van der Waals surface area contributed by atoms with Crippen molar-refractivity contribution in [3.63, 3.8) is 0 Å². The van der Waals surface area contributed by atoms with Gasteiger partial charge in [-0.05, 0) is 12.1 Å². The van der Waals surface area contributed by atoms with Gasteiger partial charge < -0.3 is 0 Å². The molecule has 0 aromatic heterocycles. The molecule has 1 unspecified atom stereocenters. The molecule has 1 heterocycles. The van der Waals surface area contributed by atoms with Gasteiger partial charge in [0.2, 0.25) is 0 Å². The summed E-state index contributed by atoms with van der Waals surface area (Å²) in [4.78, 5) is 4.10. The van der Waals surface area contributed by atoms with Crippen LogP contribution in [0.25, 0.3) is 0 Å². The summed E-state index contributed by atoms with van der Waals surface area (Å²) in [7, 11) is 0. The first-order valence-corrected chi connectivity index (χ1v) is 6.63. The molecule has 1 aliphatic heterocycles. The molecule has 0 amide bonds. The Morgan fingerprint density at radius 3 is 2.88 bits per heavy atom. The number of aliphatic imine (C=N–C) groups is 1. The Morgan fingerprint density at radius 1 is 1.38 bits per heavy atom. The third-order valence-corrected chi connectivity index (χ3v) is 4.37. The summed E-state index contributed by atoms with van der Waals surface area (Å²) < 4.78 is 26.2. The van der Waals surface area contributed by atoms with Crippen molar-refractivity contribution in [2.24, 2.45) is 4.99 Å². The first kappa shape index (κ1) is 11.8. The number of hydrogen-bond donors (Lipinski definition) is 0. The average Bonchev–Trinajstić information content (AvgIpc) is 2.29. The smallest absolute Gasteiger partial charge is 0.136 e. The van der Waals surface area contributed by atoms with Gasteiger partial charge in [-0.3, -0.25) is 0 Å². The van der Waals surface area contributed by atoms with Crippen molar-refractivity contribution in [3.05, 3.63) is 47.7 Å². The van der Waals surface area contributed by atoms with Crippen LogP contribution in [0.15, 0.2) is 35.5 Å². The maximum atomic E-state index is 13.5. The van der Waals surface area contributed by atoms with Crippen molar-refractivity contribution in [1.29, 1.82) is 0 Å². The van der Waals surface area contributed by atoms with Crippen LogP contribution in [0.3, 0.4) is 0 Å². The van der Waals surface area contributed by atoms with E-state index >= 15 is 0 Å². The molecule has 0 saturated heterocycles. The van der Waals surface area contributed by atoms with Gasteiger partial charge in [-0.25, -0.2) is 13.8 Å². The largest absolute Gasteiger partial charge is 0.249 e. The number of nitrogens with zero attached hydrogens (tertiary/aromatic N) is 1. The Hall–Kier alpha value is -0.680. The Kier molecular flexibility index (Phi) is 3.76.